The van der Waals surface area contributed by atoms with E-state index < -0.39 is 0 Å². The first-order valence-electron chi connectivity index (χ1n) is 10.2. The molecule has 2 aliphatic rings. The number of allylic oxidation sites excluding steroid dienone is 2. The molecule has 142 valence electrons. The summed E-state index contributed by atoms with van der Waals surface area (Å²) in [5.74, 6) is 0.437. The molecule has 0 amide bonds. The molecular weight excluding hydrogens is 344 g/mol. The second kappa shape index (κ2) is 7.01. The number of fused-ring (bicyclic) bond motifs is 3. The quantitative estimate of drug-likeness (QED) is 0.540. The summed E-state index contributed by atoms with van der Waals surface area (Å²) in [6, 6.07) is 7.17. The van der Waals surface area contributed by atoms with Gasteiger partial charge in [0.2, 0.25) is 0 Å². The maximum absolute atomic E-state index is 13.4. The Kier molecular flexibility index (Phi) is 4.66. The van der Waals surface area contributed by atoms with Crippen molar-refractivity contribution in [2.45, 2.75) is 46.5 Å². The molecule has 0 radical (unpaired) electrons. The zero-order valence-electron chi connectivity index (χ0n) is 16.9. The first kappa shape index (κ1) is 18.6. The van der Waals surface area contributed by atoms with Crippen molar-refractivity contribution in [3.63, 3.8) is 0 Å². The van der Waals surface area contributed by atoms with E-state index in [1.54, 1.807) is 18.2 Å². The van der Waals surface area contributed by atoms with Crippen LogP contribution in [0, 0.1) is 12.8 Å². The van der Waals surface area contributed by atoms with Gasteiger partial charge in [-0.1, -0.05) is 55.5 Å². The van der Waals surface area contributed by atoms with Crippen LogP contribution in [-0.4, -0.2) is 11.6 Å². The molecule has 0 aliphatic heterocycles. The standard InChI is InChI=1S/C26H26O2/c1-5-16(6-2)17-12-13-19-18(7-3)24-23(15(4)22(19)14-17)25(27)20-10-8-9-11-21(20)26(24)28/h5,7-11,17H,3,6,12-14H2,1-2,4H3/b16-5-. The van der Waals surface area contributed by atoms with Gasteiger partial charge < -0.3 is 0 Å². The molecule has 1 unspecified atom stereocenters. The number of hydrogen-bond acceptors (Lipinski definition) is 2. The van der Waals surface area contributed by atoms with E-state index in [1.165, 1.54) is 16.7 Å². The molecule has 0 saturated heterocycles. The Morgan fingerprint density at radius 2 is 1.75 bits per heavy atom. The molecule has 28 heavy (non-hydrogen) atoms. The third kappa shape index (κ3) is 2.55. The summed E-state index contributed by atoms with van der Waals surface area (Å²) >= 11 is 0. The highest BCUT2D eigenvalue weighted by molar-refractivity contribution is 6.30. The lowest BCUT2D eigenvalue weighted by molar-refractivity contribution is 0.0978. The minimum absolute atomic E-state index is 0.0301. The summed E-state index contributed by atoms with van der Waals surface area (Å²) in [7, 11) is 0. The highest BCUT2D eigenvalue weighted by Crippen LogP contribution is 2.41. The van der Waals surface area contributed by atoms with Gasteiger partial charge in [0.1, 0.15) is 0 Å². The van der Waals surface area contributed by atoms with E-state index in [9.17, 15) is 9.59 Å². The molecular formula is C26H26O2. The topological polar surface area (TPSA) is 34.1 Å². The lowest BCUT2D eigenvalue weighted by atomic mass is 9.70. The van der Waals surface area contributed by atoms with Crippen molar-refractivity contribution in [1.29, 1.82) is 0 Å². The first-order chi connectivity index (χ1) is 13.5. The van der Waals surface area contributed by atoms with Gasteiger partial charge in [0, 0.05) is 22.3 Å². The van der Waals surface area contributed by atoms with Gasteiger partial charge in [-0.25, -0.2) is 0 Å². The molecule has 0 bridgehead atoms. The van der Waals surface area contributed by atoms with Gasteiger partial charge in [0.15, 0.2) is 11.6 Å². The van der Waals surface area contributed by atoms with Gasteiger partial charge in [-0.15, -0.1) is 0 Å². The third-order valence-corrected chi connectivity index (χ3v) is 6.61. The second-order valence-corrected chi connectivity index (χ2v) is 7.81. The molecule has 2 aromatic carbocycles. The van der Waals surface area contributed by atoms with Gasteiger partial charge in [-0.3, -0.25) is 9.59 Å². The Balaban J connectivity index is 1.96. The van der Waals surface area contributed by atoms with Crippen LogP contribution >= 0.6 is 0 Å². The van der Waals surface area contributed by atoms with Crippen molar-refractivity contribution < 1.29 is 9.59 Å². The first-order valence-corrected chi connectivity index (χ1v) is 10.2. The molecule has 0 saturated carbocycles. The van der Waals surface area contributed by atoms with Gasteiger partial charge in [0.25, 0.3) is 0 Å². The number of carbonyl (C=O) groups is 2. The number of hydrogen-bond donors (Lipinski definition) is 0. The van der Waals surface area contributed by atoms with E-state index in [0.717, 1.165) is 36.8 Å². The minimum Gasteiger partial charge on any atom is -0.289 e. The smallest absolute Gasteiger partial charge is 0.195 e. The maximum atomic E-state index is 13.4. The average molecular weight is 370 g/mol. The van der Waals surface area contributed by atoms with Crippen molar-refractivity contribution in [3.8, 4) is 0 Å². The van der Waals surface area contributed by atoms with Gasteiger partial charge in [0.05, 0.1) is 0 Å². The van der Waals surface area contributed by atoms with Crippen LogP contribution in [0.5, 0.6) is 0 Å². The van der Waals surface area contributed by atoms with Crippen molar-refractivity contribution in [2.24, 2.45) is 5.92 Å². The molecule has 2 aliphatic carbocycles. The number of rotatable bonds is 3. The van der Waals surface area contributed by atoms with E-state index in [1.807, 2.05) is 19.1 Å². The van der Waals surface area contributed by atoms with E-state index in [-0.39, 0.29) is 11.6 Å². The van der Waals surface area contributed by atoms with E-state index in [0.29, 0.717) is 28.2 Å². The largest absolute Gasteiger partial charge is 0.289 e. The minimum atomic E-state index is -0.0455. The highest BCUT2D eigenvalue weighted by Gasteiger charge is 2.36. The fourth-order valence-corrected chi connectivity index (χ4v) is 5.18. The predicted molar refractivity (Wildman–Crippen MR) is 114 cm³/mol. The SMILES string of the molecule is C=Cc1c2c(c(C)c3c1C(=O)c1ccccc1C3=O)CC(/C(=C\C)CC)CC2. The summed E-state index contributed by atoms with van der Waals surface area (Å²) in [4.78, 5) is 26.7. The van der Waals surface area contributed by atoms with Gasteiger partial charge in [-0.05, 0) is 67.7 Å². The fraction of sp³-hybridized carbons (Fsp3) is 0.308. The molecule has 0 fully saturated rings. The monoisotopic (exact) mass is 370 g/mol. The lowest BCUT2D eigenvalue weighted by Gasteiger charge is -2.32. The number of benzene rings is 2. The molecule has 0 N–H and O–H groups in total. The Bertz CT molecular complexity index is 1050. The zero-order valence-corrected chi connectivity index (χ0v) is 16.9. The third-order valence-electron chi connectivity index (χ3n) is 6.61. The van der Waals surface area contributed by atoms with Crippen molar-refractivity contribution >= 4 is 17.6 Å². The average Bonchev–Trinajstić information content (AvgIpc) is 2.73. The van der Waals surface area contributed by atoms with Gasteiger partial charge >= 0.3 is 0 Å². The fourth-order valence-electron chi connectivity index (χ4n) is 5.18. The number of ketones is 2. The van der Waals surface area contributed by atoms with E-state index in [4.69, 9.17) is 0 Å². The van der Waals surface area contributed by atoms with Crippen molar-refractivity contribution in [2.75, 3.05) is 0 Å². The highest BCUT2D eigenvalue weighted by atomic mass is 16.1. The summed E-state index contributed by atoms with van der Waals surface area (Å²) in [5.41, 5.74) is 8.00. The molecule has 4 rings (SSSR count). The molecule has 2 aromatic rings. The van der Waals surface area contributed by atoms with Crippen LogP contribution in [0.3, 0.4) is 0 Å². The zero-order chi connectivity index (χ0) is 20.0. The number of carbonyl (C=O) groups excluding carboxylic acids is 2. The van der Waals surface area contributed by atoms with Crippen LogP contribution < -0.4 is 0 Å². The molecule has 2 heteroatoms. The van der Waals surface area contributed by atoms with Crippen molar-refractivity contribution in [1.82, 2.24) is 0 Å². The Morgan fingerprint density at radius 1 is 1.11 bits per heavy atom. The second-order valence-electron chi connectivity index (χ2n) is 7.81. The van der Waals surface area contributed by atoms with E-state index in [2.05, 4.69) is 26.5 Å². The molecule has 1 atom stereocenters. The summed E-state index contributed by atoms with van der Waals surface area (Å²) < 4.78 is 0. The Morgan fingerprint density at radius 3 is 2.32 bits per heavy atom. The van der Waals surface area contributed by atoms with Crippen LogP contribution in [0.2, 0.25) is 0 Å². The maximum Gasteiger partial charge on any atom is 0.195 e. The van der Waals surface area contributed by atoms with Gasteiger partial charge in [-0.2, -0.15) is 0 Å². The van der Waals surface area contributed by atoms with Crippen LogP contribution in [0.1, 0.15) is 80.8 Å². The van der Waals surface area contributed by atoms with Crippen LogP contribution in [0.4, 0.5) is 0 Å². The molecule has 0 spiro atoms. The van der Waals surface area contributed by atoms with Crippen LogP contribution in [-0.2, 0) is 12.8 Å². The Hall–Kier alpha value is -2.74. The summed E-state index contributed by atoms with van der Waals surface area (Å²) in [5, 5.41) is 0. The summed E-state index contributed by atoms with van der Waals surface area (Å²) in [6.45, 7) is 10.3. The molecule has 2 nitrogen and oxygen atoms in total. The van der Waals surface area contributed by atoms with Crippen LogP contribution in [0.15, 0.2) is 42.5 Å². The van der Waals surface area contributed by atoms with Crippen molar-refractivity contribution in [3.05, 3.63) is 87.0 Å². The lowest BCUT2D eigenvalue weighted by Crippen LogP contribution is -2.27. The molecule has 0 heterocycles. The molecule has 0 aromatic heterocycles. The van der Waals surface area contributed by atoms with E-state index >= 15 is 0 Å². The Labute approximate surface area is 167 Å². The summed E-state index contributed by atoms with van der Waals surface area (Å²) in [6.07, 6.45) is 8.02. The predicted octanol–water partition coefficient (Wildman–Crippen LogP) is 5.87. The normalized spacial score (nSPS) is 18.4. The van der Waals surface area contributed by atoms with Crippen LogP contribution in [0.25, 0.3) is 6.08 Å².